The predicted molar refractivity (Wildman–Crippen MR) is 43.9 cm³/mol. The molecule has 2 N–H and O–H groups in total. The minimum absolute atomic E-state index is 0. The summed E-state index contributed by atoms with van der Waals surface area (Å²) >= 11 is 14.7. The molecule has 0 aromatic rings. The predicted octanol–water partition coefficient (Wildman–Crippen LogP) is 1.29. The van der Waals surface area contributed by atoms with Gasteiger partial charge in [0.05, 0.1) is 0 Å². The summed E-state index contributed by atoms with van der Waals surface area (Å²) in [4.78, 5) is 0. The third-order valence-corrected chi connectivity index (χ3v) is 0.878. The van der Waals surface area contributed by atoms with E-state index in [9.17, 15) is 0 Å². The first-order chi connectivity index (χ1) is 2.94. The lowest BCUT2D eigenvalue weighted by Crippen LogP contribution is -2.23. The van der Waals surface area contributed by atoms with Crippen molar-refractivity contribution in [3.63, 3.8) is 0 Å². The van der Waals surface area contributed by atoms with Gasteiger partial charge in [0.25, 0.3) is 0 Å². The van der Waals surface area contributed by atoms with E-state index < -0.39 is 10.1 Å². The average molecular weight is 293 g/mol. The summed E-state index contributed by atoms with van der Waals surface area (Å²) in [7, 11) is 0. The largest absolute Gasteiger partial charge is 0.365 e. The van der Waals surface area contributed by atoms with E-state index in [0.717, 1.165) is 0 Å². The zero-order chi connectivity index (χ0) is 6.08. The number of hydrogen-bond donors (Lipinski definition) is 2. The van der Waals surface area contributed by atoms with E-state index in [2.05, 4.69) is 0 Å². The second-order valence-corrected chi connectivity index (χ2v) is 3.28. The Labute approximate surface area is 78.7 Å². The molecule has 0 aliphatic heterocycles. The molecule has 0 fully saturated rings. The summed E-state index contributed by atoms with van der Waals surface area (Å²) in [5.41, 5.74) is 0. The van der Waals surface area contributed by atoms with Gasteiger partial charge in [0.1, 0.15) is 0 Å². The molecule has 52 valence electrons. The van der Waals surface area contributed by atoms with Gasteiger partial charge in [-0.2, -0.15) is 0 Å². The van der Waals surface area contributed by atoms with E-state index >= 15 is 0 Å². The number of aliphatic hydroxyl groups is 2. The van der Waals surface area contributed by atoms with Crippen LogP contribution in [0, 0.1) is 0 Å². The van der Waals surface area contributed by atoms with Crippen molar-refractivity contribution in [2.75, 3.05) is 0 Å². The van der Waals surface area contributed by atoms with Gasteiger partial charge < -0.3 is 10.2 Å². The number of halogens is 4. The zero-order valence-corrected chi connectivity index (χ0v) is 8.11. The molecule has 8 heavy (non-hydrogen) atoms. The van der Waals surface area contributed by atoms with E-state index in [1.165, 1.54) is 0 Å². The Hall–Kier alpha value is 1.52. The fourth-order valence-electron chi connectivity index (χ4n) is 0. The second kappa shape index (κ2) is 4.35. The molecular formula is C2H4Cl3IO2. The molecule has 2 nitrogen and oxygen atoms in total. The molecule has 0 saturated carbocycles. The molecule has 0 heterocycles. The standard InChI is InChI=1S/C2H3Cl3O2.HI/c3-2(4,5)1(6)7;/h1,6-7H;1H. The summed E-state index contributed by atoms with van der Waals surface area (Å²) in [6, 6.07) is 0. The maximum absolute atomic E-state index is 8.05. The van der Waals surface area contributed by atoms with Gasteiger partial charge in [0.2, 0.25) is 3.79 Å². The van der Waals surface area contributed by atoms with Gasteiger partial charge in [-0.1, -0.05) is 34.8 Å². The third-order valence-electron chi connectivity index (χ3n) is 0.293. The normalized spacial score (nSPS) is 11.2. The summed E-state index contributed by atoms with van der Waals surface area (Å²) in [5, 5.41) is 16.1. The van der Waals surface area contributed by atoms with Crippen molar-refractivity contribution in [3.8, 4) is 0 Å². The van der Waals surface area contributed by atoms with Crippen molar-refractivity contribution in [1.82, 2.24) is 0 Å². The summed E-state index contributed by atoms with van der Waals surface area (Å²) in [6.45, 7) is 0. The Morgan fingerprint density at radius 2 is 1.25 bits per heavy atom. The zero-order valence-electron chi connectivity index (χ0n) is 3.51. The molecule has 0 unspecified atom stereocenters. The van der Waals surface area contributed by atoms with Crippen molar-refractivity contribution >= 4 is 58.8 Å². The molecule has 0 saturated heterocycles. The molecule has 0 amide bonds. The van der Waals surface area contributed by atoms with E-state index in [1.54, 1.807) is 0 Å². The molecule has 6 heteroatoms. The van der Waals surface area contributed by atoms with Crippen molar-refractivity contribution in [2.24, 2.45) is 0 Å². The topological polar surface area (TPSA) is 40.5 Å². The van der Waals surface area contributed by atoms with Gasteiger partial charge in [0.15, 0.2) is 6.29 Å². The third kappa shape index (κ3) is 5.65. The van der Waals surface area contributed by atoms with Crippen LogP contribution >= 0.6 is 58.8 Å². The van der Waals surface area contributed by atoms with Crippen LogP contribution in [-0.4, -0.2) is 20.3 Å². The molecule has 0 spiro atoms. The summed E-state index contributed by atoms with van der Waals surface area (Å²) < 4.78 is -1.97. The molecule has 0 rings (SSSR count). The van der Waals surface area contributed by atoms with Crippen LogP contribution in [0.5, 0.6) is 0 Å². The van der Waals surface area contributed by atoms with Gasteiger partial charge in [-0.25, -0.2) is 0 Å². The first kappa shape index (κ1) is 12.2. The lowest BCUT2D eigenvalue weighted by atomic mass is 10.8. The second-order valence-electron chi connectivity index (χ2n) is 0.915. The highest BCUT2D eigenvalue weighted by Crippen LogP contribution is 2.28. The Balaban J connectivity index is 0. The Kier molecular flexibility index (Phi) is 6.65. The number of aliphatic hydroxyl groups excluding tert-OH is 1. The number of hydrogen-bond acceptors (Lipinski definition) is 2. The first-order valence-electron chi connectivity index (χ1n) is 1.37. The van der Waals surface area contributed by atoms with E-state index in [0.29, 0.717) is 0 Å². The Bertz CT molecular complexity index is 60.8. The fourth-order valence-corrected chi connectivity index (χ4v) is 0. The maximum atomic E-state index is 8.05. The highest BCUT2D eigenvalue weighted by Gasteiger charge is 2.28. The van der Waals surface area contributed by atoms with Crippen molar-refractivity contribution in [2.45, 2.75) is 10.1 Å². The van der Waals surface area contributed by atoms with E-state index in [4.69, 9.17) is 45.0 Å². The van der Waals surface area contributed by atoms with Crippen LogP contribution in [0.15, 0.2) is 0 Å². The highest BCUT2D eigenvalue weighted by molar-refractivity contribution is 14.0. The smallest absolute Gasteiger partial charge is 0.240 e. The van der Waals surface area contributed by atoms with Gasteiger partial charge in [-0.05, 0) is 0 Å². The minimum atomic E-state index is -1.97. The maximum Gasteiger partial charge on any atom is 0.240 e. The lowest BCUT2D eigenvalue weighted by Gasteiger charge is -2.10. The van der Waals surface area contributed by atoms with E-state index in [-0.39, 0.29) is 24.0 Å². The van der Waals surface area contributed by atoms with Crippen LogP contribution in [0.2, 0.25) is 0 Å². The van der Waals surface area contributed by atoms with Crippen molar-refractivity contribution in [3.05, 3.63) is 0 Å². The molecule has 0 aromatic heterocycles. The van der Waals surface area contributed by atoms with Gasteiger partial charge in [-0.3, -0.25) is 0 Å². The minimum Gasteiger partial charge on any atom is -0.365 e. The lowest BCUT2D eigenvalue weighted by molar-refractivity contribution is -0.0355. The SMILES string of the molecule is I.OC(O)C(Cl)(Cl)Cl. The van der Waals surface area contributed by atoms with Gasteiger partial charge >= 0.3 is 0 Å². The Morgan fingerprint density at radius 1 is 1.12 bits per heavy atom. The molecule has 0 atom stereocenters. The van der Waals surface area contributed by atoms with Gasteiger partial charge in [-0.15, -0.1) is 24.0 Å². The van der Waals surface area contributed by atoms with E-state index in [1.807, 2.05) is 0 Å². The fraction of sp³-hybridized carbons (Fsp3) is 1.00. The molecule has 0 aliphatic rings. The molecule has 0 radical (unpaired) electrons. The quantitative estimate of drug-likeness (QED) is 0.401. The van der Waals surface area contributed by atoms with Crippen molar-refractivity contribution < 1.29 is 10.2 Å². The highest BCUT2D eigenvalue weighted by atomic mass is 127. The molecular weight excluding hydrogens is 289 g/mol. The van der Waals surface area contributed by atoms with Gasteiger partial charge in [0, 0.05) is 0 Å². The Morgan fingerprint density at radius 3 is 1.25 bits per heavy atom. The van der Waals surface area contributed by atoms with Crippen LogP contribution < -0.4 is 0 Å². The van der Waals surface area contributed by atoms with Crippen LogP contribution in [0.3, 0.4) is 0 Å². The average Bonchev–Trinajstić information content (AvgIpc) is 1.31. The summed E-state index contributed by atoms with van der Waals surface area (Å²) in [6.07, 6.45) is -1.91. The molecule has 0 aliphatic carbocycles. The van der Waals surface area contributed by atoms with Crippen molar-refractivity contribution in [1.29, 1.82) is 0 Å². The summed E-state index contributed by atoms with van der Waals surface area (Å²) in [5.74, 6) is 0. The first-order valence-corrected chi connectivity index (χ1v) is 2.51. The number of rotatable bonds is 0. The molecule has 0 bridgehead atoms. The number of alkyl halides is 3. The van der Waals surface area contributed by atoms with Crippen LogP contribution in [0.25, 0.3) is 0 Å². The monoisotopic (exact) mass is 292 g/mol. The van der Waals surface area contributed by atoms with Crippen LogP contribution in [0.1, 0.15) is 0 Å². The van der Waals surface area contributed by atoms with Crippen LogP contribution in [0.4, 0.5) is 0 Å². The van der Waals surface area contributed by atoms with Crippen LogP contribution in [-0.2, 0) is 0 Å². The molecule has 0 aromatic carbocycles.